The fourth-order valence-corrected chi connectivity index (χ4v) is 4.82. The maximum atomic E-state index is 13.0. The number of nitrogens with zero attached hydrogens (tertiary/aromatic N) is 3. The number of ether oxygens (including phenoxy) is 3. The van der Waals surface area contributed by atoms with Gasteiger partial charge in [-0.05, 0) is 24.6 Å². The number of methoxy groups -OCH3 is 1. The first-order chi connectivity index (χ1) is 16.9. The van der Waals surface area contributed by atoms with Gasteiger partial charge in [0.05, 0.1) is 20.3 Å². The number of pyridine rings is 1. The number of carbonyl (C=O) groups is 2. The van der Waals surface area contributed by atoms with Crippen LogP contribution < -0.4 is 15.0 Å². The van der Waals surface area contributed by atoms with E-state index in [1.165, 1.54) is 13.2 Å². The first-order valence-electron chi connectivity index (χ1n) is 12.1. The van der Waals surface area contributed by atoms with E-state index < -0.39 is 5.97 Å². The molecule has 0 aliphatic carbocycles. The summed E-state index contributed by atoms with van der Waals surface area (Å²) in [4.78, 5) is 41.6. The molecular weight excluding hydrogens is 450 g/mol. The van der Waals surface area contributed by atoms with Crippen molar-refractivity contribution >= 4 is 11.9 Å². The summed E-state index contributed by atoms with van der Waals surface area (Å²) in [6.45, 7) is 5.94. The summed E-state index contributed by atoms with van der Waals surface area (Å²) in [5, 5.41) is 0. The Kier molecular flexibility index (Phi) is 7.75. The van der Waals surface area contributed by atoms with Crippen LogP contribution in [0, 0.1) is 5.92 Å². The Morgan fingerprint density at radius 3 is 2.66 bits per heavy atom. The van der Waals surface area contributed by atoms with Crippen LogP contribution in [-0.2, 0) is 29.0 Å². The van der Waals surface area contributed by atoms with Gasteiger partial charge >= 0.3 is 5.97 Å². The van der Waals surface area contributed by atoms with Crippen LogP contribution in [0.15, 0.2) is 35.1 Å². The number of benzene rings is 1. The molecule has 1 unspecified atom stereocenters. The summed E-state index contributed by atoms with van der Waals surface area (Å²) in [7, 11) is 3.09. The van der Waals surface area contributed by atoms with Gasteiger partial charge < -0.3 is 23.7 Å². The molecule has 35 heavy (non-hydrogen) atoms. The van der Waals surface area contributed by atoms with Crippen LogP contribution in [-0.4, -0.2) is 73.2 Å². The topological polar surface area (TPSA) is 90.3 Å². The van der Waals surface area contributed by atoms with Crippen molar-refractivity contribution < 1.29 is 23.8 Å². The number of hydrogen-bond acceptors (Lipinski definition) is 7. The molecule has 9 heteroatoms. The third kappa shape index (κ3) is 5.67. The molecule has 188 valence electrons. The molecule has 9 nitrogen and oxygen atoms in total. The second-order valence-electron chi connectivity index (χ2n) is 9.07. The fraction of sp³-hybridized carbons (Fsp3) is 0.500. The van der Waals surface area contributed by atoms with Crippen molar-refractivity contribution in [3.63, 3.8) is 0 Å². The van der Waals surface area contributed by atoms with Crippen LogP contribution in [0.25, 0.3) is 0 Å². The van der Waals surface area contributed by atoms with E-state index in [2.05, 4.69) is 11.0 Å². The molecule has 3 heterocycles. The Labute approximate surface area is 205 Å². The molecule has 0 spiro atoms. The number of esters is 1. The number of rotatable bonds is 8. The summed E-state index contributed by atoms with van der Waals surface area (Å²) in [6, 6.07) is 9.38. The van der Waals surface area contributed by atoms with Gasteiger partial charge in [-0.25, -0.2) is 4.79 Å². The van der Waals surface area contributed by atoms with Gasteiger partial charge in [0.15, 0.2) is 0 Å². The third-order valence-corrected chi connectivity index (χ3v) is 6.59. The molecule has 1 atom stereocenters. The van der Waals surface area contributed by atoms with E-state index in [9.17, 15) is 14.4 Å². The van der Waals surface area contributed by atoms with E-state index in [-0.39, 0.29) is 29.7 Å². The Bertz CT molecular complexity index is 1140. The SMILES string of the molecule is CCOc1cccc(CN2CCc3c(C(=O)OC)c(OCC4CC(=O)N(C)C4)cc(=O)n3CC2)c1. The van der Waals surface area contributed by atoms with Crippen LogP contribution in [0.5, 0.6) is 11.5 Å². The molecule has 0 bridgehead atoms. The summed E-state index contributed by atoms with van der Waals surface area (Å²) < 4.78 is 18.3. The van der Waals surface area contributed by atoms with E-state index in [4.69, 9.17) is 14.2 Å². The molecule has 2 aromatic rings. The standard InChI is InChI=1S/C26H33N3O6/c1-4-34-20-7-5-6-18(12-20)16-28-9-8-21-25(26(32)33-3)22(14-24(31)29(21)11-10-28)35-17-19-13-23(30)27(2)15-19/h5-7,12,14,19H,4,8-11,13,15-17H2,1-3H3. The van der Waals surface area contributed by atoms with Gasteiger partial charge in [-0.2, -0.15) is 0 Å². The molecule has 4 rings (SSSR count). The smallest absolute Gasteiger partial charge is 0.343 e. The molecule has 0 N–H and O–H groups in total. The lowest BCUT2D eigenvalue weighted by atomic mass is 10.1. The summed E-state index contributed by atoms with van der Waals surface area (Å²) >= 11 is 0. The summed E-state index contributed by atoms with van der Waals surface area (Å²) in [5.74, 6) is 0.627. The maximum absolute atomic E-state index is 13.0. The zero-order valence-electron chi connectivity index (χ0n) is 20.6. The zero-order chi connectivity index (χ0) is 24.9. The molecule has 1 aromatic heterocycles. The Balaban J connectivity index is 1.54. The predicted octanol–water partition coefficient (Wildman–Crippen LogP) is 1.95. The Morgan fingerprint density at radius 2 is 1.94 bits per heavy atom. The van der Waals surface area contributed by atoms with Crippen LogP contribution in [0.3, 0.4) is 0 Å². The average Bonchev–Trinajstić information content (AvgIpc) is 3.02. The highest BCUT2D eigenvalue weighted by molar-refractivity contribution is 5.93. The fourth-order valence-electron chi connectivity index (χ4n) is 4.82. The first kappa shape index (κ1) is 24.8. The van der Waals surface area contributed by atoms with Gasteiger partial charge in [-0.15, -0.1) is 0 Å². The van der Waals surface area contributed by atoms with E-state index in [0.717, 1.165) is 11.3 Å². The second kappa shape index (κ2) is 10.9. The van der Waals surface area contributed by atoms with Gasteiger partial charge in [0, 0.05) is 70.3 Å². The summed E-state index contributed by atoms with van der Waals surface area (Å²) in [5.41, 5.74) is 1.85. The molecule has 2 aliphatic rings. The van der Waals surface area contributed by atoms with Crippen molar-refractivity contribution in [1.82, 2.24) is 14.4 Å². The van der Waals surface area contributed by atoms with Crippen molar-refractivity contribution in [2.45, 2.75) is 32.9 Å². The van der Waals surface area contributed by atoms with E-state index in [1.54, 1.807) is 16.5 Å². The van der Waals surface area contributed by atoms with Gasteiger partial charge in [0.2, 0.25) is 5.91 Å². The number of carbonyl (C=O) groups excluding carboxylic acids is 2. The largest absolute Gasteiger partial charge is 0.494 e. The van der Waals surface area contributed by atoms with Crippen LogP contribution >= 0.6 is 0 Å². The quantitative estimate of drug-likeness (QED) is 0.530. The first-order valence-corrected chi connectivity index (χ1v) is 12.1. The van der Waals surface area contributed by atoms with E-state index in [1.807, 2.05) is 25.1 Å². The molecule has 0 saturated carbocycles. The second-order valence-corrected chi connectivity index (χ2v) is 9.07. The van der Waals surface area contributed by atoms with Gasteiger partial charge in [0.1, 0.15) is 17.1 Å². The minimum Gasteiger partial charge on any atom is -0.494 e. The number of aromatic nitrogens is 1. The van der Waals surface area contributed by atoms with Crippen molar-refractivity contribution in [1.29, 1.82) is 0 Å². The average molecular weight is 484 g/mol. The maximum Gasteiger partial charge on any atom is 0.343 e. The predicted molar refractivity (Wildman–Crippen MR) is 130 cm³/mol. The lowest BCUT2D eigenvalue weighted by Crippen LogP contribution is -2.29. The van der Waals surface area contributed by atoms with Gasteiger partial charge in [0.25, 0.3) is 5.56 Å². The Morgan fingerprint density at radius 1 is 1.11 bits per heavy atom. The number of hydrogen-bond donors (Lipinski definition) is 0. The highest BCUT2D eigenvalue weighted by Gasteiger charge is 2.30. The van der Waals surface area contributed by atoms with Crippen LogP contribution in [0.4, 0.5) is 0 Å². The van der Waals surface area contributed by atoms with Crippen LogP contribution in [0.1, 0.15) is 35.0 Å². The highest BCUT2D eigenvalue weighted by Crippen LogP contribution is 2.26. The lowest BCUT2D eigenvalue weighted by molar-refractivity contribution is -0.126. The molecule has 1 saturated heterocycles. The molecule has 0 radical (unpaired) electrons. The van der Waals surface area contributed by atoms with E-state index >= 15 is 0 Å². The molecule has 1 fully saturated rings. The Hall–Kier alpha value is -3.33. The normalized spacial score (nSPS) is 18.2. The minimum atomic E-state index is -0.527. The lowest BCUT2D eigenvalue weighted by Gasteiger charge is -2.19. The monoisotopic (exact) mass is 483 g/mol. The number of amides is 1. The van der Waals surface area contributed by atoms with Gasteiger partial charge in [-0.1, -0.05) is 12.1 Å². The minimum absolute atomic E-state index is 0.0162. The van der Waals surface area contributed by atoms with Crippen LogP contribution in [0.2, 0.25) is 0 Å². The molecule has 1 amide bonds. The third-order valence-electron chi connectivity index (χ3n) is 6.59. The van der Waals surface area contributed by atoms with Crippen molar-refractivity contribution in [3.8, 4) is 11.5 Å². The van der Waals surface area contributed by atoms with Gasteiger partial charge in [-0.3, -0.25) is 14.5 Å². The van der Waals surface area contributed by atoms with Crippen molar-refractivity contribution in [2.75, 3.05) is 47.0 Å². The van der Waals surface area contributed by atoms with E-state index in [0.29, 0.717) is 63.4 Å². The van der Waals surface area contributed by atoms with Crippen molar-refractivity contribution in [3.05, 3.63) is 57.5 Å². The summed E-state index contributed by atoms with van der Waals surface area (Å²) in [6.07, 6.45) is 0.903. The number of likely N-dealkylation sites (tertiary alicyclic amines) is 1. The zero-order valence-corrected chi connectivity index (χ0v) is 20.6. The highest BCUT2D eigenvalue weighted by atomic mass is 16.5. The molecule has 2 aliphatic heterocycles. The number of fused-ring (bicyclic) bond motifs is 1. The molecule has 1 aromatic carbocycles. The van der Waals surface area contributed by atoms with Crippen molar-refractivity contribution in [2.24, 2.45) is 5.92 Å². The molecular formula is C26H33N3O6.